The Balaban J connectivity index is 1.93. The lowest BCUT2D eigenvalue weighted by Crippen LogP contribution is -2.42. The van der Waals surface area contributed by atoms with E-state index >= 15 is 0 Å². The highest BCUT2D eigenvalue weighted by atomic mass is 16.5. The number of carbonyl (C=O) groups is 1. The van der Waals surface area contributed by atoms with Gasteiger partial charge in [0.2, 0.25) is 0 Å². The molecule has 1 aliphatic heterocycles. The zero-order valence-corrected chi connectivity index (χ0v) is 18.3. The van der Waals surface area contributed by atoms with Crippen molar-refractivity contribution in [3.63, 3.8) is 0 Å². The van der Waals surface area contributed by atoms with E-state index in [9.17, 15) is 4.79 Å². The zero-order chi connectivity index (χ0) is 20.4. The van der Waals surface area contributed by atoms with Gasteiger partial charge in [0.05, 0.1) is 13.2 Å². The SMILES string of the molecule is CCCCNC(=O)N(CCCN1CCOCC1)Cc1ccc(C(C)(C)C)cc1. The summed E-state index contributed by atoms with van der Waals surface area (Å²) in [5.74, 6) is 0. The molecule has 1 aliphatic rings. The molecule has 2 rings (SSSR count). The average molecular weight is 390 g/mol. The third-order valence-electron chi connectivity index (χ3n) is 5.29. The number of urea groups is 1. The number of ether oxygens (including phenoxy) is 1. The van der Waals surface area contributed by atoms with E-state index in [1.807, 2.05) is 4.90 Å². The molecule has 0 aliphatic carbocycles. The van der Waals surface area contributed by atoms with Crippen LogP contribution in [0.4, 0.5) is 4.79 Å². The molecule has 0 radical (unpaired) electrons. The van der Waals surface area contributed by atoms with Crippen molar-refractivity contribution in [2.24, 2.45) is 0 Å². The third-order valence-corrected chi connectivity index (χ3v) is 5.29. The highest BCUT2D eigenvalue weighted by Gasteiger charge is 2.17. The Morgan fingerprint density at radius 1 is 1.14 bits per heavy atom. The molecule has 1 fully saturated rings. The molecule has 1 N–H and O–H groups in total. The van der Waals surface area contributed by atoms with Gasteiger partial charge in [-0.25, -0.2) is 4.79 Å². The second-order valence-electron chi connectivity index (χ2n) is 8.76. The van der Waals surface area contributed by atoms with Crippen molar-refractivity contribution in [3.8, 4) is 0 Å². The summed E-state index contributed by atoms with van der Waals surface area (Å²) in [5.41, 5.74) is 2.65. The lowest BCUT2D eigenvalue weighted by molar-refractivity contribution is 0.0364. The van der Waals surface area contributed by atoms with E-state index in [0.717, 1.165) is 65.2 Å². The first-order chi connectivity index (χ1) is 13.4. The Bertz CT molecular complexity index is 575. The predicted molar refractivity (Wildman–Crippen MR) is 116 cm³/mol. The first-order valence-corrected chi connectivity index (χ1v) is 10.8. The number of amides is 2. The van der Waals surface area contributed by atoms with Gasteiger partial charge in [0.25, 0.3) is 0 Å². The first-order valence-electron chi connectivity index (χ1n) is 10.8. The Hall–Kier alpha value is -1.59. The fourth-order valence-corrected chi connectivity index (χ4v) is 3.38. The summed E-state index contributed by atoms with van der Waals surface area (Å²) in [6, 6.07) is 8.76. The van der Waals surface area contributed by atoms with Crippen molar-refractivity contribution in [1.82, 2.24) is 15.1 Å². The van der Waals surface area contributed by atoms with Crippen LogP contribution in [0.2, 0.25) is 0 Å². The summed E-state index contributed by atoms with van der Waals surface area (Å²) in [4.78, 5) is 17.1. The molecule has 0 aromatic heterocycles. The smallest absolute Gasteiger partial charge is 0.317 e. The lowest BCUT2D eigenvalue weighted by atomic mass is 9.87. The normalized spacial score (nSPS) is 15.4. The van der Waals surface area contributed by atoms with E-state index < -0.39 is 0 Å². The van der Waals surface area contributed by atoms with Crippen LogP contribution in [0.3, 0.4) is 0 Å². The van der Waals surface area contributed by atoms with Gasteiger partial charge >= 0.3 is 6.03 Å². The molecule has 1 heterocycles. The van der Waals surface area contributed by atoms with Crippen LogP contribution in [-0.2, 0) is 16.7 Å². The molecular formula is C23H39N3O2. The molecule has 0 unspecified atom stereocenters. The van der Waals surface area contributed by atoms with Gasteiger partial charge in [-0.05, 0) is 29.4 Å². The summed E-state index contributed by atoms with van der Waals surface area (Å²) >= 11 is 0. The van der Waals surface area contributed by atoms with E-state index in [1.54, 1.807) is 0 Å². The van der Waals surface area contributed by atoms with Crippen LogP contribution in [0.5, 0.6) is 0 Å². The van der Waals surface area contributed by atoms with Gasteiger partial charge in [-0.1, -0.05) is 58.4 Å². The number of nitrogens with zero attached hydrogens (tertiary/aromatic N) is 2. The van der Waals surface area contributed by atoms with Gasteiger partial charge in [-0.15, -0.1) is 0 Å². The summed E-state index contributed by atoms with van der Waals surface area (Å²) in [5, 5.41) is 3.08. The number of hydrogen-bond acceptors (Lipinski definition) is 3. The topological polar surface area (TPSA) is 44.8 Å². The molecule has 158 valence electrons. The molecule has 0 spiro atoms. The summed E-state index contributed by atoms with van der Waals surface area (Å²) < 4.78 is 5.42. The number of benzene rings is 1. The molecule has 0 saturated carbocycles. The molecular weight excluding hydrogens is 350 g/mol. The predicted octanol–water partition coefficient (Wildman–Crippen LogP) is 4.02. The van der Waals surface area contributed by atoms with E-state index in [0.29, 0.717) is 6.54 Å². The van der Waals surface area contributed by atoms with Crippen LogP contribution >= 0.6 is 0 Å². The number of nitrogens with one attached hydrogen (secondary N) is 1. The minimum Gasteiger partial charge on any atom is -0.379 e. The lowest BCUT2D eigenvalue weighted by Gasteiger charge is -2.28. The number of hydrogen-bond donors (Lipinski definition) is 1. The zero-order valence-electron chi connectivity index (χ0n) is 18.3. The standard InChI is InChI=1S/C23H39N3O2/c1-5-6-12-24-22(27)26(14-7-13-25-15-17-28-18-16-25)19-20-8-10-21(11-9-20)23(2,3)4/h8-11H,5-7,12-19H2,1-4H3,(H,24,27). The van der Waals surface area contributed by atoms with Gasteiger partial charge in [-0.3, -0.25) is 4.90 Å². The average Bonchev–Trinajstić information content (AvgIpc) is 2.68. The van der Waals surface area contributed by atoms with Crippen LogP contribution in [0.25, 0.3) is 0 Å². The van der Waals surface area contributed by atoms with E-state index in [-0.39, 0.29) is 11.4 Å². The Kier molecular flexibility index (Phi) is 9.26. The molecule has 5 heteroatoms. The van der Waals surface area contributed by atoms with Gasteiger partial charge in [0.15, 0.2) is 0 Å². The van der Waals surface area contributed by atoms with Gasteiger partial charge in [-0.2, -0.15) is 0 Å². The second kappa shape index (κ2) is 11.4. The minimum absolute atomic E-state index is 0.0512. The molecule has 0 bridgehead atoms. The third kappa shape index (κ3) is 7.80. The molecule has 1 saturated heterocycles. The fourth-order valence-electron chi connectivity index (χ4n) is 3.38. The molecule has 5 nitrogen and oxygen atoms in total. The molecule has 1 aromatic rings. The second-order valence-corrected chi connectivity index (χ2v) is 8.76. The quantitative estimate of drug-likeness (QED) is 0.649. The van der Waals surface area contributed by atoms with Crippen LogP contribution in [0.1, 0.15) is 58.1 Å². The summed E-state index contributed by atoms with van der Waals surface area (Å²) in [7, 11) is 0. The van der Waals surface area contributed by atoms with Crippen molar-refractivity contribution in [2.45, 2.75) is 58.9 Å². The Morgan fingerprint density at radius 2 is 1.82 bits per heavy atom. The minimum atomic E-state index is 0.0512. The van der Waals surface area contributed by atoms with Crippen LogP contribution in [0.15, 0.2) is 24.3 Å². The number of morpholine rings is 1. The molecule has 2 amide bonds. The largest absolute Gasteiger partial charge is 0.379 e. The van der Waals surface area contributed by atoms with Crippen molar-refractivity contribution in [3.05, 3.63) is 35.4 Å². The van der Waals surface area contributed by atoms with Gasteiger partial charge in [0.1, 0.15) is 0 Å². The van der Waals surface area contributed by atoms with Crippen molar-refractivity contribution < 1.29 is 9.53 Å². The molecule has 1 aromatic carbocycles. The highest BCUT2D eigenvalue weighted by molar-refractivity contribution is 5.74. The molecule has 28 heavy (non-hydrogen) atoms. The summed E-state index contributed by atoms with van der Waals surface area (Å²) in [6.45, 7) is 15.6. The number of rotatable bonds is 9. The maximum Gasteiger partial charge on any atom is 0.317 e. The van der Waals surface area contributed by atoms with Crippen molar-refractivity contribution >= 4 is 6.03 Å². The summed E-state index contributed by atoms with van der Waals surface area (Å²) in [6.07, 6.45) is 3.10. The van der Waals surface area contributed by atoms with Crippen LogP contribution in [-0.4, -0.2) is 61.8 Å². The maximum atomic E-state index is 12.7. The van der Waals surface area contributed by atoms with E-state index in [1.165, 1.54) is 11.1 Å². The maximum absolute atomic E-state index is 12.7. The van der Waals surface area contributed by atoms with Crippen molar-refractivity contribution in [2.75, 3.05) is 45.9 Å². The van der Waals surface area contributed by atoms with Crippen molar-refractivity contribution in [1.29, 1.82) is 0 Å². The van der Waals surface area contributed by atoms with Gasteiger partial charge in [0, 0.05) is 39.3 Å². The first kappa shape index (κ1) is 22.7. The van der Waals surface area contributed by atoms with E-state index in [2.05, 4.69) is 62.2 Å². The molecule has 0 atom stereocenters. The number of unbranched alkanes of at least 4 members (excludes halogenated alkanes) is 1. The highest BCUT2D eigenvalue weighted by Crippen LogP contribution is 2.22. The monoisotopic (exact) mass is 389 g/mol. The fraction of sp³-hybridized carbons (Fsp3) is 0.696. The number of carbonyl (C=O) groups excluding carboxylic acids is 1. The van der Waals surface area contributed by atoms with Crippen LogP contribution < -0.4 is 5.32 Å². The Labute approximate surface area is 171 Å². The van der Waals surface area contributed by atoms with E-state index in [4.69, 9.17) is 4.74 Å². The Morgan fingerprint density at radius 3 is 2.43 bits per heavy atom. The van der Waals surface area contributed by atoms with Crippen LogP contribution in [0, 0.1) is 0 Å². The van der Waals surface area contributed by atoms with Gasteiger partial charge < -0.3 is 15.0 Å².